The van der Waals surface area contributed by atoms with E-state index in [-0.39, 0.29) is 4.90 Å². The van der Waals surface area contributed by atoms with E-state index < -0.39 is 16.3 Å². The Balaban J connectivity index is 2.10. The van der Waals surface area contributed by atoms with Crippen molar-refractivity contribution >= 4 is 15.8 Å². The van der Waals surface area contributed by atoms with Crippen LogP contribution in [-0.2, 0) is 10.1 Å². The number of nitrogens with one attached hydrogen (secondary N) is 1. The Morgan fingerprint density at radius 1 is 1.05 bits per heavy atom. The van der Waals surface area contributed by atoms with Crippen molar-refractivity contribution in [2.75, 3.05) is 12.4 Å². The zero-order valence-corrected chi connectivity index (χ0v) is 12.0. The second kappa shape index (κ2) is 6.13. The summed E-state index contributed by atoms with van der Waals surface area (Å²) in [5, 5.41) is 12.9. The number of benzene rings is 2. The predicted molar refractivity (Wildman–Crippen MR) is 77.8 cm³/mol. The van der Waals surface area contributed by atoms with Crippen molar-refractivity contribution in [2.45, 2.75) is 11.1 Å². The lowest BCUT2D eigenvalue weighted by atomic mass is 10.2. The highest BCUT2D eigenvalue weighted by atomic mass is 32.2. The van der Waals surface area contributed by atoms with Crippen LogP contribution in [0.3, 0.4) is 0 Å². The lowest BCUT2D eigenvalue weighted by Crippen LogP contribution is -2.09. The summed E-state index contributed by atoms with van der Waals surface area (Å²) in [5.74, 6) is 0.684. The van der Waals surface area contributed by atoms with E-state index in [1.165, 1.54) is 24.3 Å². The van der Waals surface area contributed by atoms with Gasteiger partial charge in [0.1, 0.15) is 5.75 Å². The molecule has 0 aliphatic carbocycles. The standard InChI is InChI=1S/C14H15NO5S/c1-20-12-6-2-10(3-7-12)14(16)15-11-4-8-13(9-5-11)21(17,18)19/h2-9,14-16H,1H3,(H,17,18,19). The Kier molecular flexibility index (Phi) is 4.46. The molecular weight excluding hydrogens is 294 g/mol. The van der Waals surface area contributed by atoms with Gasteiger partial charge in [0.05, 0.1) is 12.0 Å². The maximum absolute atomic E-state index is 10.9. The Morgan fingerprint density at radius 3 is 2.10 bits per heavy atom. The van der Waals surface area contributed by atoms with Gasteiger partial charge in [-0.05, 0) is 36.4 Å². The topological polar surface area (TPSA) is 95.9 Å². The van der Waals surface area contributed by atoms with Crippen LogP contribution in [0.25, 0.3) is 0 Å². The molecule has 112 valence electrons. The summed E-state index contributed by atoms with van der Waals surface area (Å²) in [6.45, 7) is 0. The second-order valence-electron chi connectivity index (χ2n) is 4.32. The van der Waals surface area contributed by atoms with Crippen molar-refractivity contribution in [2.24, 2.45) is 0 Å². The van der Waals surface area contributed by atoms with Gasteiger partial charge in [-0.3, -0.25) is 4.55 Å². The Labute approximate surface area is 122 Å². The normalized spacial score (nSPS) is 12.7. The third-order valence-corrected chi connectivity index (χ3v) is 3.75. The van der Waals surface area contributed by atoms with Gasteiger partial charge in [0.25, 0.3) is 10.1 Å². The molecule has 3 N–H and O–H groups in total. The monoisotopic (exact) mass is 309 g/mol. The van der Waals surface area contributed by atoms with E-state index in [1.807, 2.05) is 0 Å². The van der Waals surface area contributed by atoms with Crippen molar-refractivity contribution in [1.29, 1.82) is 0 Å². The summed E-state index contributed by atoms with van der Waals surface area (Å²) >= 11 is 0. The molecule has 0 bridgehead atoms. The fourth-order valence-electron chi connectivity index (χ4n) is 1.75. The van der Waals surface area contributed by atoms with Crippen LogP contribution in [0.2, 0.25) is 0 Å². The minimum absolute atomic E-state index is 0.202. The molecule has 0 saturated carbocycles. The van der Waals surface area contributed by atoms with Gasteiger partial charge >= 0.3 is 0 Å². The number of hydrogen-bond acceptors (Lipinski definition) is 5. The second-order valence-corrected chi connectivity index (χ2v) is 5.74. The summed E-state index contributed by atoms with van der Waals surface area (Å²) in [7, 11) is -2.66. The van der Waals surface area contributed by atoms with Gasteiger partial charge in [0.15, 0.2) is 6.23 Å². The van der Waals surface area contributed by atoms with Crippen LogP contribution in [0, 0.1) is 0 Å². The first-order chi connectivity index (χ1) is 9.90. The Hall–Kier alpha value is -2.09. The predicted octanol–water partition coefficient (Wildman–Crippen LogP) is 2.04. The lowest BCUT2D eigenvalue weighted by molar-refractivity contribution is 0.208. The third-order valence-electron chi connectivity index (χ3n) is 2.89. The average molecular weight is 309 g/mol. The molecule has 0 heterocycles. The zero-order valence-electron chi connectivity index (χ0n) is 11.2. The molecule has 0 aliphatic rings. The molecule has 7 heteroatoms. The van der Waals surface area contributed by atoms with Crippen molar-refractivity contribution in [3.63, 3.8) is 0 Å². The van der Waals surface area contributed by atoms with Gasteiger partial charge in [-0.2, -0.15) is 8.42 Å². The molecule has 2 rings (SSSR count). The van der Waals surface area contributed by atoms with E-state index in [2.05, 4.69) is 5.32 Å². The van der Waals surface area contributed by atoms with Crippen LogP contribution in [0.5, 0.6) is 5.75 Å². The fraction of sp³-hybridized carbons (Fsp3) is 0.143. The SMILES string of the molecule is COc1ccc(C(O)Nc2ccc(S(=O)(=O)O)cc2)cc1. The summed E-state index contributed by atoms with van der Waals surface area (Å²) in [4.78, 5) is -0.202. The smallest absolute Gasteiger partial charge is 0.294 e. The molecule has 0 saturated heterocycles. The number of rotatable bonds is 5. The van der Waals surface area contributed by atoms with Crippen LogP contribution in [0.4, 0.5) is 5.69 Å². The Bertz CT molecular complexity index is 695. The summed E-state index contributed by atoms with van der Waals surface area (Å²) in [5.41, 5.74) is 1.15. The highest BCUT2D eigenvalue weighted by molar-refractivity contribution is 7.85. The number of aliphatic hydroxyl groups excluding tert-OH is 1. The molecule has 21 heavy (non-hydrogen) atoms. The molecule has 0 aliphatic heterocycles. The first kappa shape index (κ1) is 15.3. The molecule has 6 nitrogen and oxygen atoms in total. The van der Waals surface area contributed by atoms with Gasteiger partial charge in [-0.25, -0.2) is 0 Å². The van der Waals surface area contributed by atoms with E-state index in [1.54, 1.807) is 31.4 Å². The van der Waals surface area contributed by atoms with Gasteiger partial charge in [0.2, 0.25) is 0 Å². The summed E-state index contributed by atoms with van der Waals surface area (Å²) < 4.78 is 35.8. The highest BCUT2D eigenvalue weighted by Crippen LogP contribution is 2.21. The van der Waals surface area contributed by atoms with Crippen molar-refractivity contribution in [3.05, 3.63) is 54.1 Å². The molecule has 0 radical (unpaired) electrons. The lowest BCUT2D eigenvalue weighted by Gasteiger charge is -2.15. The minimum Gasteiger partial charge on any atom is -0.497 e. The molecule has 2 aromatic carbocycles. The number of ether oxygens (including phenoxy) is 1. The van der Waals surface area contributed by atoms with E-state index in [4.69, 9.17) is 9.29 Å². The first-order valence-corrected chi connectivity index (χ1v) is 7.50. The minimum atomic E-state index is -4.21. The fourth-order valence-corrected chi connectivity index (χ4v) is 2.23. The molecule has 2 aromatic rings. The van der Waals surface area contributed by atoms with E-state index >= 15 is 0 Å². The van der Waals surface area contributed by atoms with Crippen molar-refractivity contribution in [1.82, 2.24) is 0 Å². The molecule has 0 amide bonds. The quantitative estimate of drug-likeness (QED) is 0.578. The highest BCUT2D eigenvalue weighted by Gasteiger charge is 2.10. The average Bonchev–Trinajstić information content (AvgIpc) is 2.47. The van der Waals surface area contributed by atoms with E-state index in [0.717, 1.165) is 0 Å². The molecule has 0 fully saturated rings. The number of aliphatic hydroxyl groups is 1. The summed E-state index contributed by atoms with van der Waals surface area (Å²) in [6.07, 6.45) is -0.951. The third kappa shape index (κ3) is 3.94. The maximum Gasteiger partial charge on any atom is 0.294 e. The molecule has 0 spiro atoms. The summed E-state index contributed by atoms with van der Waals surface area (Å²) in [6, 6.07) is 12.3. The molecular formula is C14H15NO5S. The largest absolute Gasteiger partial charge is 0.497 e. The first-order valence-electron chi connectivity index (χ1n) is 6.06. The number of anilines is 1. The van der Waals surface area contributed by atoms with Crippen molar-refractivity contribution < 1.29 is 22.8 Å². The van der Waals surface area contributed by atoms with Gasteiger partial charge in [-0.15, -0.1) is 0 Å². The van der Waals surface area contributed by atoms with Crippen LogP contribution in [0.15, 0.2) is 53.4 Å². The van der Waals surface area contributed by atoms with Gasteiger partial charge in [0, 0.05) is 11.3 Å². The van der Waals surface area contributed by atoms with E-state index in [9.17, 15) is 13.5 Å². The Morgan fingerprint density at radius 2 is 1.62 bits per heavy atom. The van der Waals surface area contributed by atoms with Gasteiger partial charge < -0.3 is 15.2 Å². The maximum atomic E-state index is 10.9. The number of methoxy groups -OCH3 is 1. The van der Waals surface area contributed by atoms with Gasteiger partial charge in [-0.1, -0.05) is 12.1 Å². The molecule has 0 aromatic heterocycles. The molecule has 1 unspecified atom stereocenters. The zero-order chi connectivity index (χ0) is 15.5. The van der Waals surface area contributed by atoms with Crippen LogP contribution in [-0.4, -0.2) is 25.2 Å². The van der Waals surface area contributed by atoms with Crippen LogP contribution >= 0.6 is 0 Å². The van der Waals surface area contributed by atoms with Crippen LogP contribution in [0.1, 0.15) is 11.8 Å². The number of hydrogen-bond donors (Lipinski definition) is 3. The van der Waals surface area contributed by atoms with Crippen LogP contribution < -0.4 is 10.1 Å². The molecule has 1 atom stereocenters. The van der Waals surface area contributed by atoms with E-state index in [0.29, 0.717) is 17.0 Å². The van der Waals surface area contributed by atoms with Crippen molar-refractivity contribution in [3.8, 4) is 5.75 Å².